The molecule has 1 unspecified atom stereocenters. The van der Waals surface area contributed by atoms with Crippen LogP contribution in [0.4, 0.5) is 0 Å². The molecule has 2 nitrogen and oxygen atoms in total. The van der Waals surface area contributed by atoms with E-state index in [9.17, 15) is 0 Å². The Kier molecular flexibility index (Phi) is 4.51. The van der Waals surface area contributed by atoms with Gasteiger partial charge in [-0.05, 0) is 42.2 Å². The Morgan fingerprint density at radius 1 is 1.10 bits per heavy atom. The van der Waals surface area contributed by atoms with Gasteiger partial charge in [0.1, 0.15) is 11.9 Å². The van der Waals surface area contributed by atoms with Gasteiger partial charge in [0, 0.05) is 16.3 Å². The molecule has 3 heteroatoms. The second-order valence-corrected chi connectivity index (χ2v) is 7.38. The van der Waals surface area contributed by atoms with Crippen LogP contribution in [0.5, 0.6) is 5.75 Å². The van der Waals surface area contributed by atoms with Crippen molar-refractivity contribution in [1.82, 2.24) is 0 Å². The van der Waals surface area contributed by atoms with Gasteiger partial charge in [-0.2, -0.15) is 0 Å². The standard InChI is InChI=1S/C17H23NOS/c1-12-5-10-16(20-12)15(11-18)19-14-8-6-13(7-9-14)17(2,3)4/h5-10,15H,11,18H2,1-4H3. The molecule has 0 fully saturated rings. The Bertz CT molecular complexity index is 551. The van der Waals surface area contributed by atoms with Crippen molar-refractivity contribution in [1.29, 1.82) is 0 Å². The van der Waals surface area contributed by atoms with E-state index in [4.69, 9.17) is 10.5 Å². The second-order valence-electron chi connectivity index (χ2n) is 6.06. The lowest BCUT2D eigenvalue weighted by Crippen LogP contribution is -2.17. The van der Waals surface area contributed by atoms with Crippen molar-refractivity contribution in [2.75, 3.05) is 6.54 Å². The van der Waals surface area contributed by atoms with Crippen LogP contribution >= 0.6 is 11.3 Å². The number of rotatable bonds is 4. The van der Waals surface area contributed by atoms with Crippen molar-refractivity contribution in [3.8, 4) is 5.75 Å². The predicted molar refractivity (Wildman–Crippen MR) is 86.6 cm³/mol. The highest BCUT2D eigenvalue weighted by atomic mass is 32.1. The molecule has 0 spiro atoms. The van der Waals surface area contributed by atoms with Gasteiger partial charge in [0.15, 0.2) is 0 Å². The number of ether oxygens (including phenoxy) is 1. The first kappa shape index (κ1) is 15.1. The lowest BCUT2D eigenvalue weighted by atomic mass is 9.87. The average molecular weight is 289 g/mol. The number of nitrogens with two attached hydrogens (primary N) is 1. The third-order valence-electron chi connectivity index (χ3n) is 3.29. The smallest absolute Gasteiger partial charge is 0.145 e. The Labute approximate surface area is 125 Å². The molecule has 2 aromatic rings. The van der Waals surface area contributed by atoms with Crippen LogP contribution in [0.3, 0.4) is 0 Å². The summed E-state index contributed by atoms with van der Waals surface area (Å²) in [6.45, 7) is 9.21. The molecule has 1 aromatic carbocycles. The summed E-state index contributed by atoms with van der Waals surface area (Å²) >= 11 is 1.74. The van der Waals surface area contributed by atoms with E-state index in [1.165, 1.54) is 15.3 Å². The lowest BCUT2D eigenvalue weighted by molar-refractivity contribution is 0.218. The molecule has 0 saturated heterocycles. The molecule has 1 aromatic heterocycles. The van der Waals surface area contributed by atoms with Crippen LogP contribution in [-0.2, 0) is 5.41 Å². The minimum Gasteiger partial charge on any atom is -0.484 e. The molecule has 0 bridgehead atoms. The van der Waals surface area contributed by atoms with E-state index in [0.717, 1.165) is 5.75 Å². The van der Waals surface area contributed by atoms with Crippen molar-refractivity contribution >= 4 is 11.3 Å². The maximum Gasteiger partial charge on any atom is 0.145 e. The Morgan fingerprint density at radius 3 is 2.20 bits per heavy atom. The average Bonchev–Trinajstić information content (AvgIpc) is 2.82. The number of benzene rings is 1. The highest BCUT2D eigenvalue weighted by molar-refractivity contribution is 7.12. The topological polar surface area (TPSA) is 35.2 Å². The number of thiophene rings is 1. The summed E-state index contributed by atoms with van der Waals surface area (Å²) in [6.07, 6.45) is -0.0609. The summed E-state index contributed by atoms with van der Waals surface area (Å²) in [6, 6.07) is 12.5. The van der Waals surface area contributed by atoms with Crippen LogP contribution in [0.25, 0.3) is 0 Å². The third kappa shape index (κ3) is 3.62. The van der Waals surface area contributed by atoms with Crippen molar-refractivity contribution in [2.45, 2.75) is 39.2 Å². The van der Waals surface area contributed by atoms with Crippen LogP contribution < -0.4 is 10.5 Å². The molecule has 0 aliphatic heterocycles. The molecule has 0 aliphatic rings. The molecular weight excluding hydrogens is 266 g/mol. The maximum absolute atomic E-state index is 6.02. The van der Waals surface area contributed by atoms with Crippen LogP contribution in [0, 0.1) is 6.92 Å². The molecule has 1 atom stereocenters. The zero-order chi connectivity index (χ0) is 14.8. The highest BCUT2D eigenvalue weighted by Gasteiger charge is 2.16. The predicted octanol–water partition coefficient (Wildman–Crippen LogP) is 4.43. The van der Waals surface area contributed by atoms with E-state index >= 15 is 0 Å². The third-order valence-corrected chi connectivity index (χ3v) is 4.38. The first-order valence-electron chi connectivity index (χ1n) is 6.94. The highest BCUT2D eigenvalue weighted by Crippen LogP contribution is 2.29. The van der Waals surface area contributed by atoms with Gasteiger partial charge in [0.25, 0.3) is 0 Å². The van der Waals surface area contributed by atoms with Gasteiger partial charge in [0.05, 0.1) is 0 Å². The number of hydrogen-bond donors (Lipinski definition) is 1. The molecule has 0 aliphatic carbocycles. The van der Waals surface area contributed by atoms with Gasteiger partial charge < -0.3 is 10.5 Å². The van der Waals surface area contributed by atoms with E-state index < -0.39 is 0 Å². The summed E-state index contributed by atoms with van der Waals surface area (Å²) < 4.78 is 6.02. The number of aryl methyl sites for hydroxylation is 1. The van der Waals surface area contributed by atoms with Gasteiger partial charge in [-0.15, -0.1) is 11.3 Å². The van der Waals surface area contributed by atoms with Gasteiger partial charge in [-0.25, -0.2) is 0 Å². The molecule has 0 amide bonds. The summed E-state index contributed by atoms with van der Waals surface area (Å²) in [4.78, 5) is 2.47. The lowest BCUT2D eigenvalue weighted by Gasteiger charge is -2.20. The molecular formula is C17H23NOS. The van der Waals surface area contributed by atoms with Crippen LogP contribution in [-0.4, -0.2) is 6.54 Å². The van der Waals surface area contributed by atoms with E-state index in [2.05, 4.69) is 52.0 Å². The summed E-state index contributed by atoms with van der Waals surface area (Å²) in [5, 5.41) is 0. The molecule has 2 rings (SSSR count). The largest absolute Gasteiger partial charge is 0.484 e. The van der Waals surface area contributed by atoms with E-state index in [1.807, 2.05) is 12.1 Å². The monoisotopic (exact) mass is 289 g/mol. The Hall–Kier alpha value is -1.32. The summed E-state index contributed by atoms with van der Waals surface area (Å²) in [5.74, 6) is 0.875. The van der Waals surface area contributed by atoms with Crippen molar-refractivity contribution in [3.05, 3.63) is 51.7 Å². The van der Waals surface area contributed by atoms with Crippen LogP contribution in [0.1, 0.15) is 42.2 Å². The SMILES string of the molecule is Cc1ccc(C(CN)Oc2ccc(C(C)(C)C)cc2)s1. The Morgan fingerprint density at radius 2 is 1.75 bits per heavy atom. The molecule has 108 valence electrons. The fourth-order valence-electron chi connectivity index (χ4n) is 2.05. The van der Waals surface area contributed by atoms with E-state index in [-0.39, 0.29) is 11.5 Å². The van der Waals surface area contributed by atoms with Crippen molar-refractivity contribution in [3.63, 3.8) is 0 Å². The van der Waals surface area contributed by atoms with Crippen LogP contribution in [0.15, 0.2) is 36.4 Å². The molecule has 1 heterocycles. The Balaban J connectivity index is 2.12. The zero-order valence-corrected chi connectivity index (χ0v) is 13.5. The van der Waals surface area contributed by atoms with Gasteiger partial charge in [0.2, 0.25) is 0 Å². The van der Waals surface area contributed by atoms with Crippen molar-refractivity contribution < 1.29 is 4.74 Å². The van der Waals surface area contributed by atoms with E-state index in [0.29, 0.717) is 6.54 Å². The first-order chi connectivity index (χ1) is 9.40. The molecule has 0 saturated carbocycles. The van der Waals surface area contributed by atoms with Crippen molar-refractivity contribution in [2.24, 2.45) is 5.73 Å². The molecule has 2 N–H and O–H groups in total. The van der Waals surface area contributed by atoms with E-state index in [1.54, 1.807) is 11.3 Å². The van der Waals surface area contributed by atoms with Gasteiger partial charge in [-0.1, -0.05) is 32.9 Å². The molecule has 20 heavy (non-hydrogen) atoms. The minimum absolute atomic E-state index is 0.0609. The zero-order valence-electron chi connectivity index (χ0n) is 12.6. The van der Waals surface area contributed by atoms with Gasteiger partial charge >= 0.3 is 0 Å². The molecule has 0 radical (unpaired) electrons. The minimum atomic E-state index is -0.0609. The summed E-state index contributed by atoms with van der Waals surface area (Å²) in [7, 11) is 0. The second kappa shape index (κ2) is 5.98. The summed E-state index contributed by atoms with van der Waals surface area (Å²) in [5.41, 5.74) is 7.31. The first-order valence-corrected chi connectivity index (χ1v) is 7.75. The fourth-order valence-corrected chi connectivity index (χ4v) is 2.97. The maximum atomic E-state index is 6.02. The van der Waals surface area contributed by atoms with Crippen LogP contribution in [0.2, 0.25) is 0 Å². The quantitative estimate of drug-likeness (QED) is 0.903. The normalized spacial score (nSPS) is 13.2. The van der Waals surface area contributed by atoms with Gasteiger partial charge in [-0.3, -0.25) is 0 Å². The fraction of sp³-hybridized carbons (Fsp3) is 0.412. The number of hydrogen-bond acceptors (Lipinski definition) is 3.